The van der Waals surface area contributed by atoms with Gasteiger partial charge in [0.15, 0.2) is 0 Å². The zero-order valence-corrected chi connectivity index (χ0v) is 30.4. The van der Waals surface area contributed by atoms with Crippen molar-refractivity contribution in [3.8, 4) is 0 Å². The monoisotopic (exact) mass is 628 g/mol. The van der Waals surface area contributed by atoms with Gasteiger partial charge in [-0.2, -0.15) is 0 Å². The summed E-state index contributed by atoms with van der Waals surface area (Å²) < 4.78 is 5.05. The van der Waals surface area contributed by atoms with Crippen LogP contribution >= 0.6 is 0 Å². The summed E-state index contributed by atoms with van der Waals surface area (Å²) in [6.07, 6.45) is 38.7. The number of aromatic nitrogens is 2. The molecule has 2 aromatic carbocycles. The van der Waals surface area contributed by atoms with Crippen LogP contribution in [0.1, 0.15) is 179 Å². The fraction of sp³-hybridized carbons (Fsp3) is 0.659. The van der Waals surface area contributed by atoms with Gasteiger partial charge in [0.1, 0.15) is 18.4 Å². The number of rotatable bonds is 28. The van der Waals surface area contributed by atoms with Gasteiger partial charge in [0, 0.05) is 5.41 Å². The van der Waals surface area contributed by atoms with Gasteiger partial charge in [0.2, 0.25) is 6.33 Å². The minimum atomic E-state index is 0.00921. The molecule has 2 heteroatoms. The Morgan fingerprint density at radius 3 is 1.54 bits per heavy atom. The molecule has 1 heterocycles. The van der Waals surface area contributed by atoms with E-state index in [1.807, 2.05) is 0 Å². The zero-order chi connectivity index (χ0) is 32.5. The molecule has 0 saturated heterocycles. The number of hydrogen-bond acceptors (Lipinski definition) is 0. The third-order valence-corrected chi connectivity index (χ3v) is 10.5. The van der Waals surface area contributed by atoms with Crippen molar-refractivity contribution < 1.29 is 4.57 Å². The molecule has 0 aliphatic heterocycles. The quantitative estimate of drug-likeness (QED) is 0.0559. The van der Waals surface area contributed by atoms with Crippen LogP contribution in [0.25, 0.3) is 0 Å². The lowest BCUT2D eigenvalue weighted by molar-refractivity contribution is -0.697. The second-order valence-corrected chi connectivity index (χ2v) is 14.6. The topological polar surface area (TPSA) is 8.81 Å². The molecule has 1 aromatic heterocycles. The Labute approximate surface area is 285 Å². The summed E-state index contributed by atoms with van der Waals surface area (Å²) in [5, 5.41) is 0. The summed E-state index contributed by atoms with van der Waals surface area (Å²) in [5.41, 5.74) is 2.90. The number of hydrogen-bond donors (Lipinski definition) is 0. The molecule has 0 spiro atoms. The highest BCUT2D eigenvalue weighted by molar-refractivity contribution is 5.30. The van der Waals surface area contributed by atoms with Gasteiger partial charge in [-0.15, -0.1) is 0 Å². The number of unbranched alkanes of at least 4 members (excludes halogenated alkanes) is 19. The van der Waals surface area contributed by atoms with Crippen molar-refractivity contribution in [3.63, 3.8) is 0 Å². The Bertz CT molecular complexity index is 1100. The first-order valence-corrected chi connectivity index (χ1v) is 19.8. The van der Waals surface area contributed by atoms with E-state index in [9.17, 15) is 0 Å². The molecule has 256 valence electrons. The molecule has 2 unspecified atom stereocenters. The van der Waals surface area contributed by atoms with Gasteiger partial charge in [0.05, 0.1) is 6.54 Å². The van der Waals surface area contributed by atoms with E-state index in [2.05, 4.69) is 109 Å². The van der Waals surface area contributed by atoms with Crippen molar-refractivity contribution in [2.24, 2.45) is 0 Å². The molecular weight excluding hydrogens is 556 g/mol. The molecule has 46 heavy (non-hydrogen) atoms. The first kappa shape index (κ1) is 38.1. The van der Waals surface area contributed by atoms with Crippen LogP contribution in [0.4, 0.5) is 0 Å². The minimum Gasteiger partial charge on any atom is -0.237 e. The van der Waals surface area contributed by atoms with Crippen LogP contribution in [-0.2, 0) is 18.4 Å². The van der Waals surface area contributed by atoms with E-state index in [-0.39, 0.29) is 5.41 Å². The molecule has 2 atom stereocenters. The Hall–Kier alpha value is -2.35. The van der Waals surface area contributed by atoms with Gasteiger partial charge in [0.25, 0.3) is 0 Å². The smallest absolute Gasteiger partial charge is 0.237 e. The van der Waals surface area contributed by atoms with Crippen molar-refractivity contribution in [2.75, 3.05) is 0 Å². The minimum absolute atomic E-state index is 0.00921. The molecule has 0 saturated carbocycles. The molecule has 0 fully saturated rings. The highest BCUT2D eigenvalue weighted by Gasteiger charge is 2.40. The SMILES string of the molecule is CCCCCCCCCCCCC[n+]1ccn(C(CCCCCCCCCCCC)C(C)(Cc2ccccc2)c2ccccc2)c1. The number of benzene rings is 2. The van der Waals surface area contributed by atoms with Crippen LogP contribution in [0.3, 0.4) is 0 Å². The van der Waals surface area contributed by atoms with Gasteiger partial charge in [-0.3, -0.25) is 0 Å². The van der Waals surface area contributed by atoms with Crippen LogP contribution in [0.5, 0.6) is 0 Å². The van der Waals surface area contributed by atoms with Gasteiger partial charge < -0.3 is 0 Å². The van der Waals surface area contributed by atoms with E-state index >= 15 is 0 Å². The van der Waals surface area contributed by atoms with E-state index < -0.39 is 0 Å². The van der Waals surface area contributed by atoms with Crippen molar-refractivity contribution in [1.29, 1.82) is 0 Å². The Morgan fingerprint density at radius 1 is 0.565 bits per heavy atom. The van der Waals surface area contributed by atoms with Crippen LogP contribution < -0.4 is 4.57 Å². The predicted octanol–water partition coefficient (Wildman–Crippen LogP) is 13.1. The molecule has 0 amide bonds. The van der Waals surface area contributed by atoms with Gasteiger partial charge in [-0.05, 0) is 43.2 Å². The largest absolute Gasteiger partial charge is 0.244 e. The van der Waals surface area contributed by atoms with Crippen molar-refractivity contribution in [2.45, 2.75) is 186 Å². The lowest BCUT2D eigenvalue weighted by Crippen LogP contribution is -2.38. The molecule has 0 bridgehead atoms. The van der Waals surface area contributed by atoms with E-state index in [0.29, 0.717) is 6.04 Å². The van der Waals surface area contributed by atoms with Crippen LogP contribution in [-0.4, -0.2) is 4.57 Å². The summed E-state index contributed by atoms with van der Waals surface area (Å²) in [4.78, 5) is 0. The van der Waals surface area contributed by atoms with Crippen LogP contribution in [0.2, 0.25) is 0 Å². The molecule has 2 nitrogen and oxygen atoms in total. The first-order chi connectivity index (χ1) is 22.7. The van der Waals surface area contributed by atoms with E-state index in [4.69, 9.17) is 0 Å². The first-order valence-electron chi connectivity index (χ1n) is 19.8. The Morgan fingerprint density at radius 2 is 1.02 bits per heavy atom. The standard InChI is InChI=1S/C44H71N2/c1-4-6-8-10-12-14-16-18-20-22-30-36-45-37-38-46(40-45)43(35-29-21-19-17-15-13-11-9-7-5-2)44(3,42-33-27-24-28-34-42)39-41-31-25-23-26-32-41/h23-28,31-34,37-38,40,43H,4-22,29-30,35-36,39H2,1-3H3/q+1. The number of aryl methyl sites for hydroxylation is 1. The molecule has 0 aliphatic rings. The summed E-state index contributed by atoms with van der Waals surface area (Å²) >= 11 is 0. The molecular formula is C44H71N2+. The van der Waals surface area contributed by atoms with Crippen molar-refractivity contribution >= 4 is 0 Å². The van der Waals surface area contributed by atoms with Gasteiger partial charge >= 0.3 is 0 Å². The van der Waals surface area contributed by atoms with E-state index in [1.165, 1.54) is 152 Å². The molecule has 0 N–H and O–H groups in total. The molecule has 3 rings (SSSR count). The highest BCUT2D eigenvalue weighted by Crippen LogP contribution is 2.41. The van der Waals surface area contributed by atoms with Crippen LogP contribution in [0, 0.1) is 0 Å². The predicted molar refractivity (Wildman–Crippen MR) is 201 cm³/mol. The van der Waals surface area contributed by atoms with Gasteiger partial charge in [-0.1, -0.05) is 197 Å². The van der Waals surface area contributed by atoms with Gasteiger partial charge in [-0.25, -0.2) is 9.13 Å². The third-order valence-electron chi connectivity index (χ3n) is 10.5. The Balaban J connectivity index is 1.59. The maximum Gasteiger partial charge on any atom is 0.244 e. The fourth-order valence-electron chi connectivity index (χ4n) is 7.56. The average molecular weight is 628 g/mol. The van der Waals surface area contributed by atoms with E-state index in [1.54, 1.807) is 0 Å². The molecule has 0 radical (unpaired) electrons. The third kappa shape index (κ3) is 14.6. The number of imidazole rings is 1. The molecule has 3 aromatic rings. The maximum atomic E-state index is 2.59. The fourth-order valence-corrected chi connectivity index (χ4v) is 7.56. The lowest BCUT2D eigenvalue weighted by atomic mass is 9.70. The van der Waals surface area contributed by atoms with E-state index in [0.717, 1.165) is 13.0 Å². The van der Waals surface area contributed by atoms with Crippen molar-refractivity contribution in [3.05, 3.63) is 90.5 Å². The number of nitrogens with zero attached hydrogens (tertiary/aromatic N) is 2. The summed E-state index contributed by atoms with van der Waals surface area (Å²) in [6, 6.07) is 23.0. The molecule has 0 aliphatic carbocycles. The van der Waals surface area contributed by atoms with Crippen LogP contribution in [0.15, 0.2) is 79.4 Å². The second kappa shape index (κ2) is 23.9. The highest BCUT2D eigenvalue weighted by atomic mass is 15.1. The van der Waals surface area contributed by atoms with Crippen molar-refractivity contribution in [1.82, 2.24) is 4.57 Å². The second-order valence-electron chi connectivity index (χ2n) is 14.6. The zero-order valence-electron chi connectivity index (χ0n) is 30.4. The Kier molecular flexibility index (Phi) is 19.8. The average Bonchev–Trinajstić information content (AvgIpc) is 3.55. The lowest BCUT2D eigenvalue weighted by Gasteiger charge is -2.37. The summed E-state index contributed by atoms with van der Waals surface area (Å²) in [6.45, 7) is 8.28. The summed E-state index contributed by atoms with van der Waals surface area (Å²) in [5.74, 6) is 0. The summed E-state index contributed by atoms with van der Waals surface area (Å²) in [7, 11) is 0. The normalized spacial score (nSPS) is 13.5. The maximum absolute atomic E-state index is 2.59.